The fourth-order valence-corrected chi connectivity index (χ4v) is 1.94. The smallest absolute Gasteiger partial charge is 0.224 e. The third kappa shape index (κ3) is 2.72. The molecule has 3 nitrogen and oxygen atoms in total. The standard InChI is InChI=1S/C11H12BrNO2/c12-10-6-5-9(15-10)7-13-11(14)8-3-1-2-4-8/h1-2,5-6,8H,3-4,7H2,(H,13,14). The molecule has 0 spiro atoms. The highest BCUT2D eigenvalue weighted by molar-refractivity contribution is 9.10. The van der Waals surface area contributed by atoms with Gasteiger partial charge in [0, 0.05) is 5.92 Å². The van der Waals surface area contributed by atoms with Gasteiger partial charge in [0.05, 0.1) is 6.54 Å². The molecule has 0 radical (unpaired) electrons. The molecule has 1 aromatic heterocycles. The summed E-state index contributed by atoms with van der Waals surface area (Å²) in [6.45, 7) is 0.459. The van der Waals surface area contributed by atoms with Crippen molar-refractivity contribution in [3.05, 3.63) is 34.7 Å². The van der Waals surface area contributed by atoms with Gasteiger partial charge < -0.3 is 9.73 Å². The quantitative estimate of drug-likeness (QED) is 0.858. The maximum atomic E-state index is 11.6. The van der Waals surface area contributed by atoms with E-state index in [1.165, 1.54) is 0 Å². The van der Waals surface area contributed by atoms with Crippen LogP contribution in [0.4, 0.5) is 0 Å². The van der Waals surface area contributed by atoms with Gasteiger partial charge >= 0.3 is 0 Å². The minimum absolute atomic E-state index is 0.104. The van der Waals surface area contributed by atoms with Gasteiger partial charge in [-0.3, -0.25) is 4.79 Å². The summed E-state index contributed by atoms with van der Waals surface area (Å²) >= 11 is 3.22. The van der Waals surface area contributed by atoms with Crippen LogP contribution in [-0.2, 0) is 11.3 Å². The Morgan fingerprint density at radius 3 is 2.80 bits per heavy atom. The van der Waals surface area contributed by atoms with Crippen molar-refractivity contribution in [2.24, 2.45) is 5.92 Å². The van der Waals surface area contributed by atoms with Crippen molar-refractivity contribution in [3.8, 4) is 0 Å². The molecule has 0 bridgehead atoms. The highest BCUT2D eigenvalue weighted by atomic mass is 79.9. The van der Waals surface area contributed by atoms with Crippen molar-refractivity contribution in [2.45, 2.75) is 19.4 Å². The van der Waals surface area contributed by atoms with Crippen LogP contribution in [0.2, 0.25) is 0 Å². The molecule has 0 fully saturated rings. The van der Waals surface area contributed by atoms with E-state index in [2.05, 4.69) is 21.2 Å². The van der Waals surface area contributed by atoms with E-state index in [9.17, 15) is 4.79 Å². The van der Waals surface area contributed by atoms with Gasteiger partial charge in [0.1, 0.15) is 5.76 Å². The Morgan fingerprint density at radius 2 is 2.20 bits per heavy atom. The van der Waals surface area contributed by atoms with Gasteiger partial charge in [-0.25, -0.2) is 0 Å². The number of furan rings is 1. The van der Waals surface area contributed by atoms with Crippen LogP contribution in [0.3, 0.4) is 0 Å². The van der Waals surface area contributed by atoms with E-state index in [0.717, 1.165) is 18.6 Å². The number of carbonyl (C=O) groups excluding carboxylic acids is 1. The van der Waals surface area contributed by atoms with Gasteiger partial charge in [0.25, 0.3) is 0 Å². The molecule has 15 heavy (non-hydrogen) atoms. The number of hydrogen-bond acceptors (Lipinski definition) is 2. The molecule has 0 atom stereocenters. The van der Waals surface area contributed by atoms with Gasteiger partial charge in [-0.1, -0.05) is 12.2 Å². The molecule has 2 rings (SSSR count). The number of halogens is 1. The maximum Gasteiger partial charge on any atom is 0.224 e. The second-order valence-electron chi connectivity index (χ2n) is 3.56. The summed E-state index contributed by atoms with van der Waals surface area (Å²) in [4.78, 5) is 11.6. The summed E-state index contributed by atoms with van der Waals surface area (Å²) in [7, 11) is 0. The van der Waals surface area contributed by atoms with E-state index >= 15 is 0 Å². The summed E-state index contributed by atoms with van der Waals surface area (Å²) in [5.41, 5.74) is 0. The highest BCUT2D eigenvalue weighted by Crippen LogP contribution is 2.18. The van der Waals surface area contributed by atoms with Gasteiger partial charge in [-0.05, 0) is 40.9 Å². The van der Waals surface area contributed by atoms with Gasteiger partial charge in [0.2, 0.25) is 5.91 Å². The molecule has 0 saturated carbocycles. The third-order valence-electron chi connectivity index (χ3n) is 2.44. The Balaban J connectivity index is 1.80. The molecule has 1 N–H and O–H groups in total. The number of allylic oxidation sites excluding steroid dienone is 2. The zero-order valence-corrected chi connectivity index (χ0v) is 9.79. The largest absolute Gasteiger partial charge is 0.452 e. The lowest BCUT2D eigenvalue weighted by atomic mass is 10.1. The lowest BCUT2D eigenvalue weighted by Crippen LogP contribution is -2.28. The maximum absolute atomic E-state index is 11.6. The van der Waals surface area contributed by atoms with E-state index in [1.807, 2.05) is 24.3 Å². The van der Waals surface area contributed by atoms with Crippen molar-refractivity contribution < 1.29 is 9.21 Å². The average Bonchev–Trinajstić information content (AvgIpc) is 2.84. The fraction of sp³-hybridized carbons (Fsp3) is 0.364. The molecule has 0 aromatic carbocycles. The molecular formula is C11H12BrNO2. The molecule has 4 heteroatoms. The van der Waals surface area contributed by atoms with Crippen LogP contribution >= 0.6 is 15.9 Å². The first-order valence-corrected chi connectivity index (χ1v) is 5.72. The van der Waals surface area contributed by atoms with Crippen LogP contribution in [0, 0.1) is 5.92 Å². The van der Waals surface area contributed by atoms with Crippen LogP contribution in [0.5, 0.6) is 0 Å². The van der Waals surface area contributed by atoms with Gasteiger partial charge in [-0.2, -0.15) is 0 Å². The zero-order valence-electron chi connectivity index (χ0n) is 8.20. The van der Waals surface area contributed by atoms with E-state index in [-0.39, 0.29) is 11.8 Å². The Kier molecular flexibility index (Phi) is 3.26. The molecule has 0 saturated heterocycles. The second-order valence-corrected chi connectivity index (χ2v) is 4.34. The van der Waals surface area contributed by atoms with Gasteiger partial charge in [0.15, 0.2) is 4.67 Å². The number of hydrogen-bond donors (Lipinski definition) is 1. The lowest BCUT2D eigenvalue weighted by molar-refractivity contribution is -0.124. The average molecular weight is 270 g/mol. The monoisotopic (exact) mass is 269 g/mol. The predicted octanol–water partition coefficient (Wildman–Crippen LogP) is 2.62. The van der Waals surface area contributed by atoms with E-state index in [0.29, 0.717) is 11.2 Å². The molecule has 80 valence electrons. The van der Waals surface area contributed by atoms with Crippen LogP contribution < -0.4 is 5.32 Å². The normalized spacial score (nSPS) is 15.8. The van der Waals surface area contributed by atoms with Crippen molar-refractivity contribution in [2.75, 3.05) is 0 Å². The van der Waals surface area contributed by atoms with Crippen LogP contribution in [0.1, 0.15) is 18.6 Å². The van der Waals surface area contributed by atoms with Crippen molar-refractivity contribution in [3.63, 3.8) is 0 Å². The number of amides is 1. The molecule has 0 aliphatic heterocycles. The molecule has 1 heterocycles. The Bertz CT molecular complexity index is 376. The Labute approximate surface area is 96.7 Å². The topological polar surface area (TPSA) is 42.2 Å². The lowest BCUT2D eigenvalue weighted by Gasteiger charge is -2.08. The van der Waals surface area contributed by atoms with Gasteiger partial charge in [-0.15, -0.1) is 0 Å². The predicted molar refractivity (Wildman–Crippen MR) is 60.1 cm³/mol. The minimum atomic E-state index is 0.104. The Morgan fingerprint density at radius 1 is 1.47 bits per heavy atom. The highest BCUT2D eigenvalue weighted by Gasteiger charge is 2.18. The number of nitrogens with one attached hydrogen (secondary N) is 1. The van der Waals surface area contributed by atoms with Crippen molar-refractivity contribution in [1.29, 1.82) is 0 Å². The minimum Gasteiger partial charge on any atom is -0.452 e. The molecule has 0 unspecified atom stereocenters. The third-order valence-corrected chi connectivity index (χ3v) is 2.87. The first-order chi connectivity index (χ1) is 7.25. The first kappa shape index (κ1) is 10.5. The first-order valence-electron chi connectivity index (χ1n) is 4.92. The fourth-order valence-electron chi connectivity index (χ4n) is 1.60. The molecule has 1 amide bonds. The van der Waals surface area contributed by atoms with Crippen molar-refractivity contribution in [1.82, 2.24) is 5.32 Å². The summed E-state index contributed by atoms with van der Waals surface area (Å²) in [5, 5.41) is 2.86. The van der Waals surface area contributed by atoms with Crippen molar-refractivity contribution >= 4 is 21.8 Å². The zero-order chi connectivity index (χ0) is 10.7. The second kappa shape index (κ2) is 4.66. The van der Waals surface area contributed by atoms with Crippen LogP contribution in [0.15, 0.2) is 33.4 Å². The van der Waals surface area contributed by atoms with Crippen LogP contribution in [-0.4, -0.2) is 5.91 Å². The Hall–Kier alpha value is -1.03. The van der Waals surface area contributed by atoms with E-state index < -0.39 is 0 Å². The summed E-state index contributed by atoms with van der Waals surface area (Å²) in [5.74, 6) is 0.983. The molecular weight excluding hydrogens is 258 g/mol. The summed E-state index contributed by atoms with van der Waals surface area (Å²) in [6.07, 6.45) is 5.81. The van der Waals surface area contributed by atoms with Crippen LogP contribution in [0.25, 0.3) is 0 Å². The molecule has 1 aliphatic rings. The summed E-state index contributed by atoms with van der Waals surface area (Å²) in [6, 6.07) is 3.66. The van der Waals surface area contributed by atoms with E-state index in [1.54, 1.807) is 0 Å². The SMILES string of the molecule is O=C(NCc1ccc(Br)o1)C1CC=CC1. The molecule has 1 aliphatic carbocycles. The summed E-state index contributed by atoms with van der Waals surface area (Å²) < 4.78 is 5.97. The number of rotatable bonds is 3. The molecule has 1 aromatic rings. The van der Waals surface area contributed by atoms with E-state index in [4.69, 9.17) is 4.42 Å². The number of carbonyl (C=O) groups is 1.